The number of hydrogen-bond donors (Lipinski definition) is 2. The predicted molar refractivity (Wildman–Crippen MR) is 54.2 cm³/mol. The number of thiazole rings is 1. The summed E-state index contributed by atoms with van der Waals surface area (Å²) in [7, 11) is 0. The van der Waals surface area contributed by atoms with E-state index in [9.17, 15) is 9.59 Å². The van der Waals surface area contributed by atoms with Crippen LogP contribution >= 0.6 is 22.9 Å². The highest BCUT2D eigenvalue weighted by molar-refractivity contribution is 7.19. The molecule has 1 unspecified atom stereocenters. The van der Waals surface area contributed by atoms with Crippen LogP contribution in [-0.4, -0.2) is 17.2 Å². The Balaban J connectivity index is 2.94. The summed E-state index contributed by atoms with van der Waals surface area (Å²) in [6, 6.07) is -0.825. The molecule has 7 heteroatoms. The predicted octanol–water partition coefficient (Wildman–Crippen LogP) is 0.755. The molecule has 76 valence electrons. The van der Waals surface area contributed by atoms with Crippen molar-refractivity contribution < 1.29 is 9.59 Å². The number of halogens is 1. The van der Waals surface area contributed by atoms with Crippen LogP contribution in [0.2, 0.25) is 4.34 Å². The van der Waals surface area contributed by atoms with Gasteiger partial charge in [-0.2, -0.15) is 0 Å². The van der Waals surface area contributed by atoms with E-state index < -0.39 is 6.04 Å². The monoisotopic (exact) mass is 233 g/mol. The summed E-state index contributed by atoms with van der Waals surface area (Å²) >= 11 is 6.83. The highest BCUT2D eigenvalue weighted by Crippen LogP contribution is 2.29. The Morgan fingerprint density at radius 2 is 2.43 bits per heavy atom. The number of aromatic nitrogens is 1. The number of anilines is 1. The van der Waals surface area contributed by atoms with Crippen molar-refractivity contribution in [2.45, 2.75) is 13.0 Å². The number of amides is 1. The smallest absolute Gasteiger partial charge is 0.217 e. The van der Waals surface area contributed by atoms with Gasteiger partial charge in [0.05, 0.1) is 0 Å². The first-order valence-electron chi connectivity index (χ1n) is 3.68. The van der Waals surface area contributed by atoms with E-state index in [0.29, 0.717) is 16.3 Å². The fourth-order valence-electron chi connectivity index (χ4n) is 0.907. The Labute approximate surface area is 89.3 Å². The van der Waals surface area contributed by atoms with E-state index in [-0.39, 0.29) is 11.0 Å². The average molecular weight is 234 g/mol. The Hall–Kier alpha value is -1.14. The molecule has 3 N–H and O–H groups in total. The van der Waals surface area contributed by atoms with Gasteiger partial charge in [0.15, 0.2) is 5.13 Å². The molecule has 0 aliphatic rings. The lowest BCUT2D eigenvalue weighted by Gasteiger charge is -2.07. The molecule has 0 aromatic carbocycles. The number of nitrogens with one attached hydrogen (secondary N) is 1. The number of nitrogen functional groups attached to an aromatic ring is 1. The standard InChI is InChI=1S/C7H8ClN3O2S/c1-3(13)10-4(2-12)5-6(8)14-7(9)11-5/h2,4H,1H3,(H2,9,11)(H,10,13). The molecule has 14 heavy (non-hydrogen) atoms. The van der Waals surface area contributed by atoms with E-state index >= 15 is 0 Å². The van der Waals surface area contributed by atoms with Gasteiger partial charge in [-0.1, -0.05) is 22.9 Å². The number of hydrogen-bond acceptors (Lipinski definition) is 5. The molecule has 1 atom stereocenters. The maximum absolute atomic E-state index is 10.7. The molecular weight excluding hydrogens is 226 g/mol. The van der Waals surface area contributed by atoms with Gasteiger partial charge < -0.3 is 15.8 Å². The van der Waals surface area contributed by atoms with Gasteiger partial charge in [0, 0.05) is 6.92 Å². The van der Waals surface area contributed by atoms with E-state index in [1.54, 1.807) is 0 Å². The van der Waals surface area contributed by atoms with Crippen molar-refractivity contribution in [3.8, 4) is 0 Å². The van der Waals surface area contributed by atoms with E-state index in [1.165, 1.54) is 6.92 Å². The zero-order valence-electron chi connectivity index (χ0n) is 7.28. The van der Waals surface area contributed by atoms with Gasteiger partial charge in [-0.15, -0.1) is 0 Å². The van der Waals surface area contributed by atoms with Crippen LogP contribution in [0, 0.1) is 0 Å². The van der Waals surface area contributed by atoms with Crippen molar-refractivity contribution in [1.82, 2.24) is 10.3 Å². The maximum atomic E-state index is 10.7. The lowest BCUT2D eigenvalue weighted by Crippen LogP contribution is -2.27. The average Bonchev–Trinajstić information content (AvgIpc) is 2.41. The van der Waals surface area contributed by atoms with Crippen LogP contribution in [0.25, 0.3) is 0 Å². The summed E-state index contributed by atoms with van der Waals surface area (Å²) in [4.78, 5) is 25.2. The zero-order chi connectivity index (χ0) is 10.7. The number of rotatable bonds is 3. The Kier molecular flexibility index (Phi) is 3.43. The molecule has 0 fully saturated rings. The molecule has 1 aromatic rings. The third kappa shape index (κ3) is 2.43. The topological polar surface area (TPSA) is 85.1 Å². The number of carbonyl (C=O) groups is 2. The van der Waals surface area contributed by atoms with Crippen LogP contribution in [0.5, 0.6) is 0 Å². The minimum atomic E-state index is -0.825. The maximum Gasteiger partial charge on any atom is 0.217 e. The summed E-state index contributed by atoms with van der Waals surface area (Å²) in [6.45, 7) is 1.31. The number of nitrogens with two attached hydrogens (primary N) is 1. The van der Waals surface area contributed by atoms with E-state index in [1.807, 2.05) is 0 Å². The van der Waals surface area contributed by atoms with Gasteiger partial charge in [0.25, 0.3) is 0 Å². The molecule has 1 aromatic heterocycles. The highest BCUT2D eigenvalue weighted by atomic mass is 35.5. The second-order valence-corrected chi connectivity index (χ2v) is 4.16. The van der Waals surface area contributed by atoms with E-state index in [4.69, 9.17) is 17.3 Å². The lowest BCUT2D eigenvalue weighted by molar-refractivity contribution is -0.122. The molecule has 0 radical (unpaired) electrons. The van der Waals surface area contributed by atoms with Gasteiger partial charge in [-0.25, -0.2) is 4.98 Å². The molecule has 5 nitrogen and oxygen atoms in total. The number of aldehydes is 1. The molecule has 0 aliphatic carbocycles. The first-order chi connectivity index (χ1) is 6.54. The largest absolute Gasteiger partial charge is 0.375 e. The van der Waals surface area contributed by atoms with Crippen LogP contribution in [0.3, 0.4) is 0 Å². The summed E-state index contributed by atoms with van der Waals surface area (Å²) in [5.41, 5.74) is 5.69. The molecule has 1 heterocycles. The molecule has 1 amide bonds. The second-order valence-electron chi connectivity index (χ2n) is 2.53. The quantitative estimate of drug-likeness (QED) is 0.755. The van der Waals surface area contributed by atoms with Crippen molar-refractivity contribution in [2.75, 3.05) is 5.73 Å². The third-order valence-electron chi connectivity index (χ3n) is 1.42. The minimum absolute atomic E-state index is 0.266. The van der Waals surface area contributed by atoms with Gasteiger partial charge >= 0.3 is 0 Å². The van der Waals surface area contributed by atoms with Gasteiger partial charge in [-0.3, -0.25) is 4.79 Å². The van der Waals surface area contributed by atoms with Crippen LogP contribution in [0.1, 0.15) is 18.7 Å². The third-order valence-corrected chi connectivity index (χ3v) is 2.53. The van der Waals surface area contributed by atoms with Crippen LogP contribution < -0.4 is 11.1 Å². The van der Waals surface area contributed by atoms with Gasteiger partial charge in [0.1, 0.15) is 22.4 Å². The first kappa shape index (κ1) is 10.9. The molecule has 0 bridgehead atoms. The van der Waals surface area contributed by atoms with Crippen molar-refractivity contribution >= 4 is 40.3 Å². The summed E-state index contributed by atoms with van der Waals surface area (Å²) < 4.78 is 0.313. The SMILES string of the molecule is CC(=O)NC(C=O)c1nc(N)sc1Cl. The number of nitrogens with zero attached hydrogens (tertiary/aromatic N) is 1. The van der Waals surface area contributed by atoms with Gasteiger partial charge in [0.2, 0.25) is 5.91 Å². The van der Waals surface area contributed by atoms with Gasteiger partial charge in [-0.05, 0) is 0 Å². The summed E-state index contributed by atoms with van der Waals surface area (Å²) in [6.07, 6.45) is 0.557. The Bertz CT molecular complexity index is 366. The Morgan fingerprint density at radius 3 is 2.79 bits per heavy atom. The summed E-state index contributed by atoms with van der Waals surface area (Å²) in [5, 5.41) is 2.66. The minimum Gasteiger partial charge on any atom is -0.375 e. The fraction of sp³-hybridized carbons (Fsp3) is 0.286. The molecule has 0 spiro atoms. The molecule has 0 saturated heterocycles. The van der Waals surface area contributed by atoms with Crippen molar-refractivity contribution in [2.24, 2.45) is 0 Å². The van der Waals surface area contributed by atoms with Crippen molar-refractivity contribution in [1.29, 1.82) is 0 Å². The summed E-state index contributed by atoms with van der Waals surface area (Å²) in [5.74, 6) is -0.329. The van der Waals surface area contributed by atoms with E-state index in [0.717, 1.165) is 11.3 Å². The van der Waals surface area contributed by atoms with E-state index in [2.05, 4.69) is 10.3 Å². The van der Waals surface area contributed by atoms with Crippen LogP contribution in [-0.2, 0) is 9.59 Å². The van der Waals surface area contributed by atoms with Crippen molar-refractivity contribution in [3.63, 3.8) is 0 Å². The highest BCUT2D eigenvalue weighted by Gasteiger charge is 2.19. The molecule has 1 rings (SSSR count). The normalized spacial score (nSPS) is 12.1. The fourth-order valence-corrected chi connectivity index (χ4v) is 1.91. The molecular formula is C7H8ClN3O2S. The second kappa shape index (κ2) is 4.39. The Morgan fingerprint density at radius 1 is 1.79 bits per heavy atom. The molecule has 0 aliphatic heterocycles. The molecule has 0 saturated carbocycles. The first-order valence-corrected chi connectivity index (χ1v) is 4.88. The number of carbonyl (C=O) groups excluding carboxylic acids is 2. The van der Waals surface area contributed by atoms with Crippen LogP contribution in [0.15, 0.2) is 0 Å². The lowest BCUT2D eigenvalue weighted by atomic mass is 10.2. The van der Waals surface area contributed by atoms with Crippen molar-refractivity contribution in [3.05, 3.63) is 10.0 Å². The van der Waals surface area contributed by atoms with Crippen LogP contribution in [0.4, 0.5) is 5.13 Å². The zero-order valence-corrected chi connectivity index (χ0v) is 8.85.